The van der Waals surface area contributed by atoms with E-state index in [9.17, 15) is 4.79 Å². The Bertz CT molecular complexity index is 562. The van der Waals surface area contributed by atoms with Crippen LogP contribution < -0.4 is 0 Å². The zero-order chi connectivity index (χ0) is 17.6. The molecular formula is C22H34O2. The van der Waals surface area contributed by atoms with E-state index < -0.39 is 0 Å². The van der Waals surface area contributed by atoms with Gasteiger partial charge in [0, 0.05) is 17.8 Å². The zero-order valence-electron chi connectivity index (χ0n) is 16.0. The number of ether oxygens (including phenoxy) is 1. The maximum atomic E-state index is 11.4. The molecule has 0 aromatic rings. The highest BCUT2D eigenvalue weighted by Gasteiger charge is 2.55. The molecule has 0 heterocycles. The first-order valence-electron chi connectivity index (χ1n) is 9.71. The summed E-state index contributed by atoms with van der Waals surface area (Å²) < 4.78 is 5.50. The van der Waals surface area contributed by atoms with Crippen molar-refractivity contribution in [2.45, 2.75) is 72.6 Å². The minimum atomic E-state index is -0.140. The number of hydrogen-bond donors (Lipinski definition) is 0. The lowest BCUT2D eigenvalue weighted by molar-refractivity contribution is -0.153. The molecule has 5 atom stereocenters. The Balaban J connectivity index is 1.89. The zero-order valence-corrected chi connectivity index (χ0v) is 16.0. The Morgan fingerprint density at radius 3 is 2.71 bits per heavy atom. The van der Waals surface area contributed by atoms with Crippen LogP contribution in [-0.2, 0) is 9.53 Å². The second-order valence-corrected chi connectivity index (χ2v) is 9.41. The van der Waals surface area contributed by atoms with Gasteiger partial charge in [-0.1, -0.05) is 44.9 Å². The van der Waals surface area contributed by atoms with Crippen molar-refractivity contribution in [3.63, 3.8) is 0 Å². The van der Waals surface area contributed by atoms with E-state index in [1.165, 1.54) is 51.9 Å². The number of carbonyl (C=O) groups is 1. The monoisotopic (exact) mass is 330 g/mol. The van der Waals surface area contributed by atoms with Gasteiger partial charge in [-0.2, -0.15) is 0 Å². The van der Waals surface area contributed by atoms with Crippen molar-refractivity contribution in [1.82, 2.24) is 0 Å². The molecule has 134 valence electrons. The number of allylic oxidation sites excluding steroid dienone is 3. The first-order chi connectivity index (χ1) is 11.2. The van der Waals surface area contributed by atoms with Gasteiger partial charge in [0.15, 0.2) is 0 Å². The smallest absolute Gasteiger partial charge is 0.302 e. The van der Waals surface area contributed by atoms with Crippen molar-refractivity contribution in [3.8, 4) is 0 Å². The van der Waals surface area contributed by atoms with Crippen LogP contribution in [0.15, 0.2) is 24.3 Å². The highest BCUT2D eigenvalue weighted by molar-refractivity contribution is 5.65. The van der Waals surface area contributed by atoms with E-state index >= 15 is 0 Å². The Hall–Kier alpha value is -1.05. The van der Waals surface area contributed by atoms with E-state index in [0.717, 1.165) is 0 Å². The molecule has 0 amide bonds. The summed E-state index contributed by atoms with van der Waals surface area (Å²) in [7, 11) is 0. The van der Waals surface area contributed by atoms with Crippen molar-refractivity contribution in [1.29, 1.82) is 0 Å². The summed E-state index contributed by atoms with van der Waals surface area (Å²) in [5, 5.41) is 0. The highest BCUT2D eigenvalue weighted by atomic mass is 16.5. The van der Waals surface area contributed by atoms with E-state index in [2.05, 4.69) is 39.5 Å². The minimum Gasteiger partial charge on any atom is -0.465 e. The second-order valence-electron chi connectivity index (χ2n) is 9.41. The molecular weight excluding hydrogens is 296 g/mol. The van der Waals surface area contributed by atoms with Crippen LogP contribution in [0.3, 0.4) is 0 Å². The molecule has 3 aliphatic rings. The van der Waals surface area contributed by atoms with Crippen LogP contribution in [-0.4, -0.2) is 12.6 Å². The molecule has 0 bridgehead atoms. The third kappa shape index (κ3) is 2.86. The van der Waals surface area contributed by atoms with Crippen LogP contribution in [0.2, 0.25) is 0 Å². The number of fused-ring (bicyclic) bond motifs is 3. The van der Waals surface area contributed by atoms with Gasteiger partial charge >= 0.3 is 5.97 Å². The topological polar surface area (TPSA) is 26.3 Å². The number of esters is 1. The van der Waals surface area contributed by atoms with Crippen LogP contribution in [0.25, 0.3) is 0 Å². The van der Waals surface area contributed by atoms with Gasteiger partial charge in [-0.15, -0.1) is 6.58 Å². The summed E-state index contributed by atoms with van der Waals surface area (Å²) in [4.78, 5) is 11.4. The van der Waals surface area contributed by atoms with Gasteiger partial charge in [-0.05, 0) is 55.8 Å². The fourth-order valence-corrected chi connectivity index (χ4v) is 6.26. The van der Waals surface area contributed by atoms with Crippen LogP contribution >= 0.6 is 0 Å². The largest absolute Gasteiger partial charge is 0.465 e. The molecule has 2 nitrogen and oxygen atoms in total. The Morgan fingerprint density at radius 1 is 1.29 bits per heavy atom. The van der Waals surface area contributed by atoms with Gasteiger partial charge in [0.25, 0.3) is 0 Å². The van der Waals surface area contributed by atoms with Crippen LogP contribution in [0.5, 0.6) is 0 Å². The molecule has 0 aromatic carbocycles. The second kappa shape index (κ2) is 6.04. The molecule has 0 spiro atoms. The third-order valence-corrected chi connectivity index (χ3v) is 7.62. The fourth-order valence-electron chi connectivity index (χ4n) is 6.26. The Kier molecular flexibility index (Phi) is 4.47. The molecule has 5 unspecified atom stereocenters. The van der Waals surface area contributed by atoms with Gasteiger partial charge < -0.3 is 4.74 Å². The molecule has 24 heavy (non-hydrogen) atoms. The maximum Gasteiger partial charge on any atom is 0.302 e. The quantitative estimate of drug-likeness (QED) is 0.491. The van der Waals surface area contributed by atoms with Gasteiger partial charge in [-0.25, -0.2) is 0 Å². The predicted octanol–water partition coefficient (Wildman–Crippen LogP) is 5.68. The van der Waals surface area contributed by atoms with E-state index in [1.807, 2.05) is 0 Å². The average molecular weight is 331 g/mol. The highest BCUT2D eigenvalue weighted by Crippen LogP contribution is 2.63. The lowest BCUT2D eigenvalue weighted by Gasteiger charge is -2.60. The molecule has 0 radical (unpaired) electrons. The van der Waals surface area contributed by atoms with Crippen molar-refractivity contribution < 1.29 is 9.53 Å². The van der Waals surface area contributed by atoms with E-state index in [1.54, 1.807) is 5.57 Å². The standard InChI is InChI=1S/C22H34O2/c1-6-20(3)13-10-18-17(14-20)8-9-19-21(4,15-24-16(2)23)11-7-12-22(18,19)5/h6,14,18-19H,1,7-13,15H2,2-5H3. The summed E-state index contributed by atoms with van der Waals surface area (Å²) in [5.74, 6) is 1.23. The maximum absolute atomic E-state index is 11.4. The van der Waals surface area contributed by atoms with Gasteiger partial charge in [0.2, 0.25) is 0 Å². The number of carbonyl (C=O) groups excluding carboxylic acids is 1. The average Bonchev–Trinajstić information content (AvgIpc) is 2.52. The molecule has 2 fully saturated rings. The van der Waals surface area contributed by atoms with E-state index in [-0.39, 0.29) is 16.8 Å². The van der Waals surface area contributed by atoms with Crippen molar-refractivity contribution in [2.24, 2.45) is 28.1 Å². The summed E-state index contributed by atoms with van der Waals surface area (Å²) >= 11 is 0. The molecule has 2 saturated carbocycles. The van der Waals surface area contributed by atoms with Crippen molar-refractivity contribution >= 4 is 5.97 Å². The molecule has 0 N–H and O–H groups in total. The van der Waals surface area contributed by atoms with Gasteiger partial charge in [-0.3, -0.25) is 4.79 Å². The van der Waals surface area contributed by atoms with E-state index in [4.69, 9.17) is 4.74 Å². The van der Waals surface area contributed by atoms with E-state index in [0.29, 0.717) is 23.9 Å². The van der Waals surface area contributed by atoms with Crippen LogP contribution in [0, 0.1) is 28.1 Å². The third-order valence-electron chi connectivity index (χ3n) is 7.62. The lowest BCUT2D eigenvalue weighted by atomic mass is 9.45. The minimum absolute atomic E-state index is 0.140. The summed E-state index contributed by atoms with van der Waals surface area (Å²) in [6.45, 7) is 13.4. The Morgan fingerprint density at radius 2 is 2.04 bits per heavy atom. The van der Waals surface area contributed by atoms with Crippen molar-refractivity contribution in [2.75, 3.05) is 6.61 Å². The van der Waals surface area contributed by atoms with Gasteiger partial charge in [0.05, 0.1) is 6.61 Å². The molecule has 0 aromatic heterocycles. The fraction of sp³-hybridized carbons (Fsp3) is 0.773. The van der Waals surface area contributed by atoms with Crippen molar-refractivity contribution in [3.05, 3.63) is 24.3 Å². The predicted molar refractivity (Wildman–Crippen MR) is 98.5 cm³/mol. The normalized spacial score (nSPS) is 44.8. The SMILES string of the molecule is C=CC1(C)C=C2CCC3C(C)(COC(C)=O)CCCC3(C)C2CC1. The molecule has 3 rings (SSSR count). The Labute approximate surface area is 147 Å². The number of hydrogen-bond acceptors (Lipinski definition) is 2. The molecule has 2 heteroatoms. The summed E-state index contributed by atoms with van der Waals surface area (Å²) in [5.41, 5.74) is 2.37. The number of rotatable bonds is 3. The van der Waals surface area contributed by atoms with Gasteiger partial charge in [0.1, 0.15) is 0 Å². The summed E-state index contributed by atoms with van der Waals surface area (Å²) in [6, 6.07) is 0. The first-order valence-corrected chi connectivity index (χ1v) is 9.71. The molecule has 3 aliphatic carbocycles. The summed E-state index contributed by atoms with van der Waals surface area (Å²) in [6.07, 6.45) is 13.4. The lowest BCUT2D eigenvalue weighted by Crippen LogP contribution is -2.53. The van der Waals surface area contributed by atoms with Crippen LogP contribution in [0.1, 0.15) is 72.6 Å². The first kappa shape index (κ1) is 17.8. The van der Waals surface area contributed by atoms with Crippen LogP contribution in [0.4, 0.5) is 0 Å². The molecule has 0 saturated heterocycles. The molecule has 0 aliphatic heterocycles.